The van der Waals surface area contributed by atoms with E-state index in [1.54, 1.807) is 24.3 Å². The molecule has 0 aliphatic heterocycles. The fraction of sp³-hybridized carbons (Fsp3) is 0.538. The molecule has 0 amide bonds. The second kappa shape index (κ2) is 7.59. The summed E-state index contributed by atoms with van der Waals surface area (Å²) in [6.45, 7) is 5.34. The van der Waals surface area contributed by atoms with E-state index in [4.69, 9.17) is 10.5 Å². The normalized spacial score (nSPS) is 13.4. The van der Waals surface area contributed by atoms with Crippen LogP contribution in [-0.2, 0) is 14.8 Å². The smallest absolute Gasteiger partial charge is 0.240 e. The average molecular weight is 286 g/mol. The van der Waals surface area contributed by atoms with E-state index in [9.17, 15) is 8.42 Å². The highest BCUT2D eigenvalue weighted by atomic mass is 32.2. The van der Waals surface area contributed by atoms with Gasteiger partial charge in [0, 0.05) is 25.8 Å². The minimum absolute atomic E-state index is 0.101. The first-order valence-corrected chi connectivity index (χ1v) is 7.88. The molecule has 19 heavy (non-hydrogen) atoms. The maximum Gasteiger partial charge on any atom is 0.240 e. The number of hydrogen-bond acceptors (Lipinski definition) is 4. The molecule has 1 unspecified atom stereocenters. The molecule has 1 atom stereocenters. The third-order valence-corrected chi connectivity index (χ3v) is 4.15. The van der Waals surface area contributed by atoms with Gasteiger partial charge in [0.2, 0.25) is 10.0 Å². The van der Waals surface area contributed by atoms with Crippen molar-refractivity contribution in [2.75, 3.05) is 19.8 Å². The Bertz CT molecular complexity index is 469. The van der Waals surface area contributed by atoms with Crippen LogP contribution in [0.1, 0.15) is 31.9 Å². The first kappa shape index (κ1) is 16.1. The van der Waals surface area contributed by atoms with E-state index < -0.39 is 10.0 Å². The Morgan fingerprint density at radius 2 is 1.95 bits per heavy atom. The fourth-order valence-electron chi connectivity index (χ4n) is 1.56. The summed E-state index contributed by atoms with van der Waals surface area (Å²) in [4.78, 5) is 0.258. The standard InChI is InChI=1S/C13H22N2O3S/c1-3-18-10-4-9-15-19(16,17)13-7-5-12(6-8-13)11(2)14/h5-8,11,15H,3-4,9-10,14H2,1-2H3. The van der Waals surface area contributed by atoms with Gasteiger partial charge in [-0.2, -0.15) is 0 Å². The summed E-state index contributed by atoms with van der Waals surface area (Å²) in [5.74, 6) is 0. The highest BCUT2D eigenvalue weighted by Gasteiger charge is 2.13. The lowest BCUT2D eigenvalue weighted by Gasteiger charge is -2.09. The highest BCUT2D eigenvalue weighted by molar-refractivity contribution is 7.89. The lowest BCUT2D eigenvalue weighted by atomic mass is 10.1. The van der Waals surface area contributed by atoms with Gasteiger partial charge in [0.25, 0.3) is 0 Å². The van der Waals surface area contributed by atoms with Crippen molar-refractivity contribution in [2.24, 2.45) is 5.73 Å². The molecule has 108 valence electrons. The number of nitrogens with one attached hydrogen (secondary N) is 1. The van der Waals surface area contributed by atoms with E-state index in [1.165, 1.54) is 0 Å². The molecule has 6 heteroatoms. The van der Waals surface area contributed by atoms with Crippen LogP contribution < -0.4 is 10.5 Å². The summed E-state index contributed by atoms with van der Waals surface area (Å²) >= 11 is 0. The summed E-state index contributed by atoms with van der Waals surface area (Å²) in [5.41, 5.74) is 6.63. The molecule has 3 N–H and O–H groups in total. The van der Waals surface area contributed by atoms with Crippen molar-refractivity contribution in [3.05, 3.63) is 29.8 Å². The largest absolute Gasteiger partial charge is 0.382 e. The Labute approximate surface area is 115 Å². The number of sulfonamides is 1. The molecule has 0 heterocycles. The second-order valence-corrected chi connectivity index (χ2v) is 6.07. The van der Waals surface area contributed by atoms with Crippen LogP contribution in [0.15, 0.2) is 29.2 Å². The van der Waals surface area contributed by atoms with Crippen LogP contribution >= 0.6 is 0 Å². The summed E-state index contributed by atoms with van der Waals surface area (Å²) in [6.07, 6.45) is 0.658. The third kappa shape index (κ3) is 5.28. The van der Waals surface area contributed by atoms with Crippen molar-refractivity contribution in [1.29, 1.82) is 0 Å². The Morgan fingerprint density at radius 1 is 1.32 bits per heavy atom. The van der Waals surface area contributed by atoms with Gasteiger partial charge in [-0.3, -0.25) is 0 Å². The van der Waals surface area contributed by atoms with Crippen LogP contribution in [0.2, 0.25) is 0 Å². The zero-order valence-corrected chi connectivity index (χ0v) is 12.2. The van der Waals surface area contributed by atoms with E-state index in [-0.39, 0.29) is 10.9 Å². The molecule has 0 aliphatic carbocycles. The van der Waals surface area contributed by atoms with Crippen LogP contribution in [0, 0.1) is 0 Å². The van der Waals surface area contributed by atoms with Crippen LogP contribution in [0.4, 0.5) is 0 Å². The van der Waals surface area contributed by atoms with E-state index in [0.29, 0.717) is 26.2 Å². The molecule has 0 aromatic heterocycles. The first-order chi connectivity index (χ1) is 8.97. The molecular weight excluding hydrogens is 264 g/mol. The lowest BCUT2D eigenvalue weighted by Crippen LogP contribution is -2.25. The summed E-state index contributed by atoms with van der Waals surface area (Å²) in [7, 11) is -3.44. The Balaban J connectivity index is 2.57. The Kier molecular flexibility index (Phi) is 6.44. The number of hydrogen-bond donors (Lipinski definition) is 2. The van der Waals surface area contributed by atoms with Crippen LogP contribution in [0.5, 0.6) is 0 Å². The number of rotatable bonds is 8. The highest BCUT2D eigenvalue weighted by Crippen LogP contribution is 2.14. The van der Waals surface area contributed by atoms with Crippen molar-refractivity contribution < 1.29 is 13.2 Å². The summed E-state index contributed by atoms with van der Waals surface area (Å²) < 4.78 is 31.6. The third-order valence-electron chi connectivity index (χ3n) is 2.68. The SMILES string of the molecule is CCOCCCNS(=O)(=O)c1ccc(C(C)N)cc1. The van der Waals surface area contributed by atoms with Gasteiger partial charge < -0.3 is 10.5 Å². The minimum atomic E-state index is -3.44. The van der Waals surface area contributed by atoms with Crippen molar-refractivity contribution in [2.45, 2.75) is 31.2 Å². The number of nitrogens with two attached hydrogens (primary N) is 1. The molecule has 0 aliphatic rings. The van der Waals surface area contributed by atoms with Crippen LogP contribution in [-0.4, -0.2) is 28.2 Å². The lowest BCUT2D eigenvalue weighted by molar-refractivity contribution is 0.146. The van der Waals surface area contributed by atoms with E-state index in [0.717, 1.165) is 5.56 Å². The maximum atomic E-state index is 12.0. The maximum absolute atomic E-state index is 12.0. The molecule has 1 aromatic rings. The Hall–Kier alpha value is -0.950. The molecule has 0 fully saturated rings. The van der Waals surface area contributed by atoms with Crippen molar-refractivity contribution in [3.63, 3.8) is 0 Å². The first-order valence-electron chi connectivity index (χ1n) is 6.40. The summed E-state index contributed by atoms with van der Waals surface area (Å²) in [6, 6.07) is 6.52. The van der Waals surface area contributed by atoms with E-state index in [2.05, 4.69) is 4.72 Å². The van der Waals surface area contributed by atoms with Crippen molar-refractivity contribution in [3.8, 4) is 0 Å². The second-order valence-electron chi connectivity index (χ2n) is 4.31. The van der Waals surface area contributed by atoms with Gasteiger partial charge in [0.05, 0.1) is 4.90 Å². The van der Waals surface area contributed by atoms with Gasteiger partial charge >= 0.3 is 0 Å². The van der Waals surface area contributed by atoms with Gasteiger partial charge in [-0.1, -0.05) is 12.1 Å². The number of benzene rings is 1. The zero-order chi connectivity index (χ0) is 14.3. The monoisotopic (exact) mass is 286 g/mol. The van der Waals surface area contributed by atoms with Crippen LogP contribution in [0.3, 0.4) is 0 Å². The fourth-order valence-corrected chi connectivity index (χ4v) is 2.63. The predicted octanol–water partition coefficient (Wildman–Crippen LogP) is 1.41. The van der Waals surface area contributed by atoms with E-state index in [1.807, 2.05) is 13.8 Å². The van der Waals surface area contributed by atoms with Gasteiger partial charge in [0.15, 0.2) is 0 Å². The number of ether oxygens (including phenoxy) is 1. The molecular formula is C13H22N2O3S. The molecule has 0 radical (unpaired) electrons. The molecule has 1 rings (SSSR count). The molecule has 0 bridgehead atoms. The van der Waals surface area contributed by atoms with Gasteiger partial charge in [-0.15, -0.1) is 0 Å². The molecule has 0 spiro atoms. The zero-order valence-electron chi connectivity index (χ0n) is 11.4. The van der Waals surface area contributed by atoms with Crippen molar-refractivity contribution in [1.82, 2.24) is 4.72 Å². The molecule has 1 aromatic carbocycles. The van der Waals surface area contributed by atoms with Crippen LogP contribution in [0.25, 0.3) is 0 Å². The Morgan fingerprint density at radius 3 is 2.47 bits per heavy atom. The summed E-state index contributed by atoms with van der Waals surface area (Å²) in [5, 5.41) is 0. The quantitative estimate of drug-likeness (QED) is 0.708. The topological polar surface area (TPSA) is 81.4 Å². The predicted molar refractivity (Wildman–Crippen MR) is 75.3 cm³/mol. The molecule has 0 saturated heterocycles. The van der Waals surface area contributed by atoms with Gasteiger partial charge in [-0.25, -0.2) is 13.1 Å². The molecule has 0 saturated carbocycles. The minimum Gasteiger partial charge on any atom is -0.382 e. The molecule has 5 nitrogen and oxygen atoms in total. The van der Waals surface area contributed by atoms with Crippen molar-refractivity contribution >= 4 is 10.0 Å². The van der Waals surface area contributed by atoms with Gasteiger partial charge in [-0.05, 0) is 38.0 Å². The average Bonchev–Trinajstić information content (AvgIpc) is 2.38. The van der Waals surface area contributed by atoms with Gasteiger partial charge in [0.1, 0.15) is 0 Å². The van der Waals surface area contributed by atoms with E-state index >= 15 is 0 Å².